The number of anilines is 1. The fraction of sp³-hybridized carbons (Fsp3) is 0.500. The molecule has 124 valence electrons. The van der Waals surface area contributed by atoms with Crippen LogP contribution in [0.4, 0.5) is 5.69 Å². The molecule has 2 unspecified atom stereocenters. The predicted molar refractivity (Wildman–Crippen MR) is 90.6 cm³/mol. The van der Waals surface area contributed by atoms with Crippen LogP contribution in [-0.2, 0) is 9.59 Å². The Balaban J connectivity index is 1.67. The maximum Gasteiger partial charge on any atom is 0.227 e. The molecule has 5 nitrogen and oxygen atoms in total. The zero-order chi connectivity index (χ0) is 16.6. The first-order valence-electron chi connectivity index (χ1n) is 7.75. The number of rotatable bonds is 5. The highest BCUT2D eigenvalue weighted by molar-refractivity contribution is 6.35. The molecule has 1 saturated heterocycles. The molecule has 0 bridgehead atoms. The summed E-state index contributed by atoms with van der Waals surface area (Å²) in [5.74, 6) is -0.0764. The predicted octanol–water partition coefficient (Wildman–Crippen LogP) is 2.20. The highest BCUT2D eigenvalue weighted by atomic mass is 35.5. The number of amides is 2. The van der Waals surface area contributed by atoms with E-state index in [2.05, 4.69) is 5.32 Å². The van der Waals surface area contributed by atoms with Gasteiger partial charge in [0.2, 0.25) is 11.8 Å². The number of hydrogen-bond acceptors (Lipinski definition) is 3. The molecule has 3 rings (SSSR count). The molecule has 3 N–H and O–H groups in total. The SMILES string of the molecule is NCC(NC(=O)C1CC(=O)N(c2cc(Cl)cc(Cl)c2)C1)C1CC1. The van der Waals surface area contributed by atoms with Gasteiger partial charge in [-0.25, -0.2) is 0 Å². The summed E-state index contributed by atoms with van der Waals surface area (Å²) in [6, 6.07) is 4.99. The zero-order valence-corrected chi connectivity index (χ0v) is 14.1. The number of benzene rings is 1. The van der Waals surface area contributed by atoms with Gasteiger partial charge >= 0.3 is 0 Å². The summed E-state index contributed by atoms with van der Waals surface area (Å²) in [7, 11) is 0. The van der Waals surface area contributed by atoms with E-state index in [0.717, 1.165) is 12.8 Å². The monoisotopic (exact) mass is 355 g/mol. The smallest absolute Gasteiger partial charge is 0.227 e. The summed E-state index contributed by atoms with van der Waals surface area (Å²) in [6.45, 7) is 0.772. The summed E-state index contributed by atoms with van der Waals surface area (Å²) in [5.41, 5.74) is 6.34. The molecule has 0 spiro atoms. The van der Waals surface area contributed by atoms with E-state index in [4.69, 9.17) is 28.9 Å². The Morgan fingerprint density at radius 1 is 1.30 bits per heavy atom. The zero-order valence-electron chi connectivity index (χ0n) is 12.6. The topological polar surface area (TPSA) is 75.4 Å². The molecule has 2 fully saturated rings. The van der Waals surface area contributed by atoms with Gasteiger partial charge in [-0.3, -0.25) is 9.59 Å². The Morgan fingerprint density at radius 3 is 2.52 bits per heavy atom. The van der Waals surface area contributed by atoms with E-state index in [0.29, 0.717) is 34.7 Å². The summed E-state index contributed by atoms with van der Waals surface area (Å²) >= 11 is 12.0. The van der Waals surface area contributed by atoms with Crippen LogP contribution >= 0.6 is 23.2 Å². The minimum Gasteiger partial charge on any atom is -0.352 e. The normalized spacial score (nSPS) is 22.3. The van der Waals surface area contributed by atoms with Crippen molar-refractivity contribution in [1.82, 2.24) is 5.32 Å². The van der Waals surface area contributed by atoms with Gasteiger partial charge < -0.3 is 16.0 Å². The lowest BCUT2D eigenvalue weighted by atomic mass is 10.1. The first kappa shape index (κ1) is 16.6. The van der Waals surface area contributed by atoms with Crippen molar-refractivity contribution in [3.8, 4) is 0 Å². The van der Waals surface area contributed by atoms with Gasteiger partial charge in [0.1, 0.15) is 0 Å². The van der Waals surface area contributed by atoms with Gasteiger partial charge in [0, 0.05) is 41.3 Å². The lowest BCUT2D eigenvalue weighted by Gasteiger charge is -2.20. The molecule has 0 radical (unpaired) electrons. The Bertz CT molecular complexity index is 614. The van der Waals surface area contributed by atoms with E-state index < -0.39 is 0 Å². The molecule has 2 aliphatic rings. The maximum absolute atomic E-state index is 12.4. The van der Waals surface area contributed by atoms with Gasteiger partial charge in [0.25, 0.3) is 0 Å². The minimum absolute atomic E-state index is 0.0206. The summed E-state index contributed by atoms with van der Waals surface area (Å²) in [4.78, 5) is 26.2. The molecule has 1 aliphatic carbocycles. The molecule has 1 aliphatic heterocycles. The van der Waals surface area contributed by atoms with Gasteiger partial charge in [0.05, 0.1) is 5.92 Å². The third-order valence-corrected chi connectivity index (χ3v) is 4.86. The number of nitrogens with zero attached hydrogens (tertiary/aromatic N) is 1. The lowest BCUT2D eigenvalue weighted by molar-refractivity contribution is -0.127. The van der Waals surface area contributed by atoms with Gasteiger partial charge in [-0.1, -0.05) is 23.2 Å². The Kier molecular flexibility index (Phi) is 4.80. The van der Waals surface area contributed by atoms with E-state index in [1.807, 2.05) is 0 Å². The molecule has 1 heterocycles. The summed E-state index contributed by atoms with van der Waals surface area (Å²) in [6.07, 6.45) is 2.41. The third kappa shape index (κ3) is 3.79. The number of halogens is 2. The van der Waals surface area contributed by atoms with Crippen LogP contribution in [0.3, 0.4) is 0 Å². The van der Waals surface area contributed by atoms with E-state index >= 15 is 0 Å². The fourth-order valence-electron chi connectivity index (χ4n) is 3.00. The van der Waals surface area contributed by atoms with Crippen molar-refractivity contribution in [1.29, 1.82) is 0 Å². The van der Waals surface area contributed by atoms with Gasteiger partial charge in [-0.2, -0.15) is 0 Å². The fourth-order valence-corrected chi connectivity index (χ4v) is 3.51. The second-order valence-electron chi connectivity index (χ2n) is 6.22. The van der Waals surface area contributed by atoms with Crippen LogP contribution in [0.5, 0.6) is 0 Å². The van der Waals surface area contributed by atoms with Crippen molar-refractivity contribution >= 4 is 40.7 Å². The van der Waals surface area contributed by atoms with Gasteiger partial charge in [0.15, 0.2) is 0 Å². The van der Waals surface area contributed by atoms with Gasteiger partial charge in [-0.15, -0.1) is 0 Å². The molecule has 2 amide bonds. The van der Waals surface area contributed by atoms with Crippen LogP contribution in [0.2, 0.25) is 10.0 Å². The first-order chi connectivity index (χ1) is 11.0. The Labute approximate surface area is 145 Å². The second kappa shape index (κ2) is 6.67. The average Bonchev–Trinajstić information content (AvgIpc) is 3.25. The Morgan fingerprint density at radius 2 is 1.96 bits per heavy atom. The molecule has 2 atom stereocenters. The molecule has 1 aromatic carbocycles. The van der Waals surface area contributed by atoms with Crippen molar-refractivity contribution in [3.05, 3.63) is 28.2 Å². The molecule has 1 aromatic rings. The number of nitrogens with one attached hydrogen (secondary N) is 1. The summed E-state index contributed by atoms with van der Waals surface area (Å²) in [5, 5.41) is 3.92. The van der Waals surface area contributed by atoms with Crippen molar-refractivity contribution < 1.29 is 9.59 Å². The van der Waals surface area contributed by atoms with Crippen LogP contribution < -0.4 is 16.0 Å². The van der Waals surface area contributed by atoms with Crippen LogP contribution in [0.1, 0.15) is 19.3 Å². The maximum atomic E-state index is 12.4. The van der Waals surface area contributed by atoms with E-state index in [-0.39, 0.29) is 30.2 Å². The highest BCUT2D eigenvalue weighted by Crippen LogP contribution is 2.33. The summed E-state index contributed by atoms with van der Waals surface area (Å²) < 4.78 is 0. The number of nitrogens with two attached hydrogens (primary N) is 1. The molecule has 23 heavy (non-hydrogen) atoms. The third-order valence-electron chi connectivity index (χ3n) is 4.43. The molecule has 0 aromatic heterocycles. The van der Waals surface area contributed by atoms with Crippen LogP contribution in [-0.4, -0.2) is 30.9 Å². The number of carbonyl (C=O) groups is 2. The van der Waals surface area contributed by atoms with Crippen molar-refractivity contribution in [2.45, 2.75) is 25.3 Å². The lowest BCUT2D eigenvalue weighted by Crippen LogP contribution is -2.45. The molecular weight excluding hydrogens is 337 g/mol. The average molecular weight is 356 g/mol. The molecule has 7 heteroatoms. The largest absolute Gasteiger partial charge is 0.352 e. The first-order valence-corrected chi connectivity index (χ1v) is 8.50. The minimum atomic E-state index is -0.368. The van der Waals surface area contributed by atoms with Crippen molar-refractivity contribution in [2.75, 3.05) is 18.0 Å². The standard InChI is InChI=1S/C16H19Cl2N3O2/c17-11-4-12(18)6-13(5-11)21-8-10(3-15(21)22)16(23)20-14(7-19)9-1-2-9/h4-6,9-10,14H,1-3,7-8,19H2,(H,20,23). The Hall–Kier alpha value is -1.30. The van der Waals surface area contributed by atoms with E-state index in [9.17, 15) is 9.59 Å². The van der Waals surface area contributed by atoms with Crippen LogP contribution in [0, 0.1) is 11.8 Å². The number of hydrogen-bond donors (Lipinski definition) is 2. The quantitative estimate of drug-likeness (QED) is 0.849. The van der Waals surface area contributed by atoms with Crippen LogP contribution in [0.15, 0.2) is 18.2 Å². The number of carbonyl (C=O) groups excluding carboxylic acids is 2. The van der Waals surface area contributed by atoms with Crippen LogP contribution in [0.25, 0.3) is 0 Å². The van der Waals surface area contributed by atoms with Crippen molar-refractivity contribution in [2.24, 2.45) is 17.6 Å². The van der Waals surface area contributed by atoms with Crippen molar-refractivity contribution in [3.63, 3.8) is 0 Å². The van der Waals surface area contributed by atoms with E-state index in [1.54, 1.807) is 23.1 Å². The van der Waals surface area contributed by atoms with E-state index in [1.165, 1.54) is 0 Å². The molecule has 1 saturated carbocycles. The van der Waals surface area contributed by atoms with Gasteiger partial charge in [-0.05, 0) is 37.0 Å². The second-order valence-corrected chi connectivity index (χ2v) is 7.09. The molecular formula is C16H19Cl2N3O2. The highest BCUT2D eigenvalue weighted by Gasteiger charge is 2.38.